The van der Waals surface area contributed by atoms with E-state index in [-0.39, 0.29) is 19.1 Å². The maximum atomic E-state index is 12.1. The molecule has 106 valence electrons. The number of hydrogen-bond donors (Lipinski definition) is 4. The number of carbonyl (C=O) groups is 1. The first-order valence-corrected chi connectivity index (χ1v) is 8.50. The van der Waals surface area contributed by atoms with Gasteiger partial charge in [-0.05, 0) is 73.8 Å². The van der Waals surface area contributed by atoms with Crippen molar-refractivity contribution in [1.29, 1.82) is 0 Å². The van der Waals surface area contributed by atoms with E-state index in [1.54, 1.807) is 0 Å². The zero-order chi connectivity index (χ0) is 14.6. The first kappa shape index (κ1) is 17.8. The van der Waals surface area contributed by atoms with Crippen molar-refractivity contribution in [2.45, 2.75) is 12.7 Å². The Morgan fingerprint density at radius 3 is 2.42 bits per heavy atom. The Kier molecular flexibility index (Phi) is 7.75. The van der Waals surface area contributed by atoms with Crippen LogP contribution in [0, 0.1) is 10.7 Å². The van der Waals surface area contributed by atoms with E-state index in [2.05, 4.69) is 50.5 Å². The van der Waals surface area contributed by atoms with Crippen LogP contribution in [0.1, 0.15) is 15.9 Å². The van der Waals surface area contributed by atoms with E-state index in [0.29, 0.717) is 9.13 Å². The fourth-order valence-corrected chi connectivity index (χ4v) is 5.55. The quantitative estimate of drug-likeness (QED) is 0.380. The molecule has 0 saturated heterocycles. The molecule has 0 aliphatic carbocycles. The fraction of sp³-hybridized carbons (Fsp3) is 0.364. The summed E-state index contributed by atoms with van der Waals surface area (Å²) in [5.41, 5.74) is 1.20. The lowest BCUT2D eigenvalue weighted by Gasteiger charge is -2.14. The van der Waals surface area contributed by atoms with E-state index >= 15 is 0 Å². The van der Waals surface area contributed by atoms with Crippen LogP contribution in [0.3, 0.4) is 0 Å². The van der Waals surface area contributed by atoms with E-state index in [4.69, 9.17) is 5.11 Å². The van der Waals surface area contributed by atoms with Gasteiger partial charge in [-0.2, -0.15) is 0 Å². The summed E-state index contributed by atoms with van der Waals surface area (Å²) in [7, 11) is 0. The van der Waals surface area contributed by atoms with Gasteiger partial charge in [0.15, 0.2) is 0 Å². The van der Waals surface area contributed by atoms with Crippen LogP contribution < -0.4 is 5.32 Å². The highest BCUT2D eigenvalue weighted by Gasteiger charge is 2.19. The summed E-state index contributed by atoms with van der Waals surface area (Å²) in [5, 5.41) is 29.8. The highest BCUT2D eigenvalue weighted by Crippen LogP contribution is 2.27. The molecule has 0 aromatic heterocycles. The molecular weight excluding hydrogens is 591 g/mol. The van der Waals surface area contributed by atoms with Gasteiger partial charge in [0.05, 0.1) is 24.9 Å². The van der Waals surface area contributed by atoms with Crippen LogP contribution >= 0.6 is 67.8 Å². The molecule has 5 nitrogen and oxygen atoms in total. The molecule has 1 aromatic rings. The number of amides is 1. The van der Waals surface area contributed by atoms with Crippen LogP contribution in [-0.2, 0) is 6.61 Å². The summed E-state index contributed by atoms with van der Waals surface area (Å²) >= 11 is 6.21. The molecule has 0 radical (unpaired) electrons. The molecule has 0 fully saturated rings. The number of nitrogens with one attached hydrogen (secondary N) is 1. The second-order valence-corrected chi connectivity index (χ2v) is 7.12. The molecule has 0 spiro atoms. The van der Waals surface area contributed by atoms with Gasteiger partial charge in [-0.3, -0.25) is 4.79 Å². The maximum absolute atomic E-state index is 12.1. The van der Waals surface area contributed by atoms with Gasteiger partial charge in [0.1, 0.15) is 0 Å². The minimum absolute atomic E-state index is 0.0120. The zero-order valence-corrected chi connectivity index (χ0v) is 16.1. The molecule has 1 atom stereocenters. The lowest BCUT2D eigenvalue weighted by atomic mass is 10.1. The summed E-state index contributed by atoms with van der Waals surface area (Å²) in [5.74, 6) is -0.326. The standard InChI is InChI=1S/C11H12I3NO4/c12-7-1-8(13)9(10(14)6(7)4-17)11(19)15-2-5(18)3-16/h1,5,16-18H,2-4H2,(H,15,19). The molecule has 1 unspecified atom stereocenters. The fourth-order valence-electron chi connectivity index (χ4n) is 1.35. The molecule has 1 rings (SSSR count). The Balaban J connectivity index is 3.03. The van der Waals surface area contributed by atoms with Gasteiger partial charge in [0.2, 0.25) is 0 Å². The van der Waals surface area contributed by atoms with Crippen LogP contribution in [0.4, 0.5) is 0 Å². The topological polar surface area (TPSA) is 89.8 Å². The van der Waals surface area contributed by atoms with Crippen molar-refractivity contribution in [1.82, 2.24) is 5.32 Å². The Morgan fingerprint density at radius 2 is 1.89 bits per heavy atom. The first-order valence-electron chi connectivity index (χ1n) is 5.26. The Bertz CT molecular complexity index is 481. The number of benzene rings is 1. The van der Waals surface area contributed by atoms with Gasteiger partial charge < -0.3 is 20.6 Å². The molecule has 0 saturated carbocycles. The van der Waals surface area contributed by atoms with Crippen molar-refractivity contribution in [2.75, 3.05) is 13.2 Å². The van der Waals surface area contributed by atoms with Crippen molar-refractivity contribution in [3.8, 4) is 0 Å². The maximum Gasteiger partial charge on any atom is 0.253 e. The van der Waals surface area contributed by atoms with Crippen molar-refractivity contribution >= 4 is 73.7 Å². The van der Waals surface area contributed by atoms with Crippen LogP contribution in [-0.4, -0.2) is 40.5 Å². The number of halogens is 3. The predicted molar refractivity (Wildman–Crippen MR) is 95.9 cm³/mol. The number of aliphatic hydroxyl groups is 3. The minimum atomic E-state index is -0.972. The Morgan fingerprint density at radius 1 is 1.26 bits per heavy atom. The highest BCUT2D eigenvalue weighted by atomic mass is 127. The van der Waals surface area contributed by atoms with Gasteiger partial charge >= 0.3 is 0 Å². The molecule has 0 aliphatic rings. The third-order valence-electron chi connectivity index (χ3n) is 2.36. The SMILES string of the molecule is O=C(NCC(O)CO)c1c(I)cc(I)c(CO)c1I. The number of rotatable bonds is 5. The number of carbonyl (C=O) groups excluding carboxylic acids is 1. The molecule has 0 heterocycles. The summed E-state index contributed by atoms with van der Waals surface area (Å²) in [4.78, 5) is 12.1. The van der Waals surface area contributed by atoms with Gasteiger partial charge in [-0.1, -0.05) is 0 Å². The zero-order valence-electron chi connectivity index (χ0n) is 9.66. The van der Waals surface area contributed by atoms with Crippen molar-refractivity contribution in [2.24, 2.45) is 0 Å². The third kappa shape index (κ3) is 4.62. The summed E-state index contributed by atoms with van der Waals surface area (Å²) in [6, 6.07) is 1.83. The van der Waals surface area contributed by atoms with Crippen LogP contribution in [0.25, 0.3) is 0 Å². The smallest absolute Gasteiger partial charge is 0.253 e. The predicted octanol–water partition coefficient (Wildman–Crippen LogP) is 1.08. The van der Waals surface area contributed by atoms with Gasteiger partial charge in [-0.15, -0.1) is 0 Å². The average molecular weight is 603 g/mol. The van der Waals surface area contributed by atoms with Gasteiger partial charge in [0.25, 0.3) is 5.91 Å². The molecule has 8 heteroatoms. The highest BCUT2D eigenvalue weighted by molar-refractivity contribution is 14.1. The number of aliphatic hydroxyl groups excluding tert-OH is 3. The van der Waals surface area contributed by atoms with Crippen LogP contribution in [0.15, 0.2) is 6.07 Å². The Labute approximate surface area is 151 Å². The third-order valence-corrected chi connectivity index (χ3v) is 5.36. The van der Waals surface area contributed by atoms with E-state index in [9.17, 15) is 15.0 Å². The second-order valence-electron chi connectivity index (χ2n) is 3.71. The summed E-state index contributed by atoms with van der Waals surface area (Å²) in [6.07, 6.45) is -0.972. The van der Waals surface area contributed by atoms with Crippen LogP contribution in [0.2, 0.25) is 0 Å². The molecule has 19 heavy (non-hydrogen) atoms. The minimum Gasteiger partial charge on any atom is -0.394 e. The van der Waals surface area contributed by atoms with Crippen molar-refractivity contribution < 1.29 is 20.1 Å². The number of hydrogen-bond acceptors (Lipinski definition) is 4. The molecule has 1 aromatic carbocycles. The van der Waals surface area contributed by atoms with E-state index in [0.717, 1.165) is 12.7 Å². The molecule has 0 aliphatic heterocycles. The summed E-state index contributed by atoms with van der Waals surface area (Å²) < 4.78 is 2.38. The van der Waals surface area contributed by atoms with Crippen molar-refractivity contribution in [3.05, 3.63) is 27.9 Å². The van der Waals surface area contributed by atoms with E-state index in [1.807, 2.05) is 28.7 Å². The van der Waals surface area contributed by atoms with Gasteiger partial charge in [-0.25, -0.2) is 0 Å². The van der Waals surface area contributed by atoms with E-state index < -0.39 is 12.7 Å². The second kappa shape index (κ2) is 8.26. The van der Waals surface area contributed by atoms with E-state index in [1.165, 1.54) is 0 Å². The molecule has 4 N–H and O–H groups in total. The lowest BCUT2D eigenvalue weighted by Crippen LogP contribution is -2.34. The van der Waals surface area contributed by atoms with Crippen LogP contribution in [0.5, 0.6) is 0 Å². The average Bonchev–Trinajstić information content (AvgIpc) is 2.35. The molecule has 0 bridgehead atoms. The Hall–Kier alpha value is 0.760. The van der Waals surface area contributed by atoms with Gasteiger partial charge in [0, 0.05) is 22.8 Å². The monoisotopic (exact) mass is 603 g/mol. The lowest BCUT2D eigenvalue weighted by molar-refractivity contribution is 0.0800. The first-order chi connectivity index (χ1) is 8.92. The van der Waals surface area contributed by atoms with Crippen molar-refractivity contribution in [3.63, 3.8) is 0 Å². The molecule has 1 amide bonds. The summed E-state index contributed by atoms with van der Waals surface area (Å²) in [6.45, 7) is -0.544. The normalized spacial score (nSPS) is 12.3. The largest absolute Gasteiger partial charge is 0.394 e. The molecular formula is C11H12I3NO4.